The number of aromatic nitrogens is 1. The molecule has 2 N–H and O–H groups in total. The Labute approximate surface area is 79.6 Å². The van der Waals surface area contributed by atoms with Gasteiger partial charge < -0.3 is 9.79 Å². The molecule has 1 heterocycles. The molecule has 0 fully saturated rings. The Balaban J connectivity index is 2.36. The summed E-state index contributed by atoms with van der Waals surface area (Å²) < 4.78 is 14.6. The molecule has 0 bridgehead atoms. The van der Waals surface area contributed by atoms with Crippen molar-refractivity contribution in [1.82, 2.24) is 4.98 Å². The van der Waals surface area contributed by atoms with E-state index in [1.54, 1.807) is 5.51 Å². The van der Waals surface area contributed by atoms with Crippen molar-refractivity contribution >= 4 is 19.2 Å². The summed E-state index contributed by atoms with van der Waals surface area (Å²) in [5, 5.41) is 0. The fourth-order valence-electron chi connectivity index (χ4n) is 0.823. The highest BCUT2D eigenvalue weighted by Gasteiger charge is 2.13. The van der Waals surface area contributed by atoms with Crippen molar-refractivity contribution in [2.45, 2.75) is 13.3 Å². The van der Waals surface area contributed by atoms with Gasteiger partial charge in [-0.15, -0.1) is 11.3 Å². The van der Waals surface area contributed by atoms with Gasteiger partial charge in [-0.05, 0) is 6.92 Å². The molecule has 0 aliphatic rings. The Bertz CT molecular complexity index is 320. The first-order chi connectivity index (χ1) is 5.99. The first-order valence-electron chi connectivity index (χ1n) is 3.58. The van der Waals surface area contributed by atoms with Crippen LogP contribution in [0.3, 0.4) is 0 Å². The summed E-state index contributed by atoms with van der Waals surface area (Å²) in [4.78, 5) is 21.8. The normalized spacial score (nSPS) is 11.9. The minimum Gasteiger partial charge on any atom is -0.303 e. The monoisotopic (exact) mass is 223 g/mol. The molecule has 0 unspecified atom stereocenters. The van der Waals surface area contributed by atoms with E-state index in [-0.39, 0.29) is 6.61 Å². The number of phosphoric ester groups is 1. The fraction of sp³-hybridized carbons (Fsp3) is 0.500. The number of hydrogen-bond donors (Lipinski definition) is 2. The largest absolute Gasteiger partial charge is 0.469 e. The lowest BCUT2D eigenvalue weighted by Gasteiger charge is -2.03. The standard InChI is InChI=1S/C6H10NO4PS/c1-5-6(13-4-7-5)2-3-11-12(8,9)10/h4H,2-3H2,1H3,(H2,8,9,10). The molecular weight excluding hydrogens is 213 g/mol. The van der Waals surface area contributed by atoms with E-state index in [0.717, 1.165) is 10.6 Å². The van der Waals surface area contributed by atoms with Crippen LogP contribution in [0.5, 0.6) is 0 Å². The third-order valence-corrected chi connectivity index (χ3v) is 2.95. The van der Waals surface area contributed by atoms with Crippen LogP contribution >= 0.6 is 19.2 Å². The molecule has 0 aliphatic heterocycles. The van der Waals surface area contributed by atoms with Crippen LogP contribution in [-0.4, -0.2) is 21.4 Å². The Kier molecular flexibility index (Phi) is 3.58. The highest BCUT2D eigenvalue weighted by atomic mass is 32.1. The van der Waals surface area contributed by atoms with E-state index in [9.17, 15) is 4.57 Å². The number of phosphoric acid groups is 1. The van der Waals surface area contributed by atoms with Crippen molar-refractivity contribution in [2.24, 2.45) is 0 Å². The SMILES string of the molecule is Cc1ncsc1CCOP(=O)(O)O. The van der Waals surface area contributed by atoms with Crippen LogP contribution in [-0.2, 0) is 15.5 Å². The molecule has 0 amide bonds. The highest BCUT2D eigenvalue weighted by molar-refractivity contribution is 7.46. The molecular formula is C6H10NO4PS. The summed E-state index contributed by atoms with van der Waals surface area (Å²) in [6, 6.07) is 0. The van der Waals surface area contributed by atoms with Crippen molar-refractivity contribution in [1.29, 1.82) is 0 Å². The fourth-order valence-corrected chi connectivity index (χ4v) is 1.92. The number of hydrogen-bond acceptors (Lipinski definition) is 4. The summed E-state index contributed by atoms with van der Waals surface area (Å²) in [6.45, 7) is 1.87. The van der Waals surface area contributed by atoms with Gasteiger partial charge in [-0.2, -0.15) is 0 Å². The Morgan fingerprint density at radius 2 is 2.38 bits per heavy atom. The lowest BCUT2D eigenvalue weighted by atomic mass is 10.3. The zero-order valence-corrected chi connectivity index (χ0v) is 8.72. The van der Waals surface area contributed by atoms with Crippen LogP contribution < -0.4 is 0 Å². The van der Waals surface area contributed by atoms with Crippen LogP contribution in [0.25, 0.3) is 0 Å². The van der Waals surface area contributed by atoms with E-state index in [1.807, 2.05) is 6.92 Å². The Hall–Kier alpha value is -0.260. The van der Waals surface area contributed by atoms with Crippen LogP contribution in [0, 0.1) is 6.92 Å². The first-order valence-corrected chi connectivity index (χ1v) is 5.99. The van der Waals surface area contributed by atoms with Crippen molar-refractivity contribution < 1.29 is 18.9 Å². The van der Waals surface area contributed by atoms with Crippen molar-refractivity contribution in [3.8, 4) is 0 Å². The molecule has 0 radical (unpaired) electrons. The molecule has 0 spiro atoms. The maximum atomic E-state index is 10.3. The summed E-state index contributed by atoms with van der Waals surface area (Å²) in [6.07, 6.45) is 0.488. The molecule has 0 saturated carbocycles. The molecule has 1 aromatic rings. The van der Waals surface area contributed by atoms with Gasteiger partial charge >= 0.3 is 7.82 Å². The number of nitrogens with zero attached hydrogens (tertiary/aromatic N) is 1. The number of thiazole rings is 1. The second-order valence-corrected chi connectivity index (χ2v) is 4.61. The van der Waals surface area contributed by atoms with E-state index < -0.39 is 7.82 Å². The van der Waals surface area contributed by atoms with Gasteiger partial charge in [0, 0.05) is 11.3 Å². The second-order valence-electron chi connectivity index (χ2n) is 2.43. The van der Waals surface area contributed by atoms with E-state index in [4.69, 9.17) is 9.79 Å². The smallest absolute Gasteiger partial charge is 0.303 e. The van der Waals surface area contributed by atoms with Crippen molar-refractivity contribution in [3.63, 3.8) is 0 Å². The summed E-state index contributed by atoms with van der Waals surface area (Å²) >= 11 is 1.46. The average Bonchev–Trinajstić information content (AvgIpc) is 2.34. The summed E-state index contributed by atoms with van der Waals surface area (Å²) in [5.74, 6) is 0. The average molecular weight is 223 g/mol. The Morgan fingerprint density at radius 1 is 1.69 bits per heavy atom. The Morgan fingerprint density at radius 3 is 2.85 bits per heavy atom. The van der Waals surface area contributed by atoms with E-state index in [2.05, 4.69) is 9.51 Å². The molecule has 0 aromatic carbocycles. The van der Waals surface area contributed by atoms with Gasteiger partial charge in [-0.1, -0.05) is 0 Å². The molecule has 1 rings (SSSR count). The minimum atomic E-state index is -4.31. The maximum absolute atomic E-state index is 10.3. The molecule has 1 aromatic heterocycles. The van der Waals surface area contributed by atoms with Gasteiger partial charge in [0.05, 0.1) is 17.8 Å². The van der Waals surface area contributed by atoms with E-state index in [0.29, 0.717) is 6.42 Å². The summed E-state index contributed by atoms with van der Waals surface area (Å²) in [5.41, 5.74) is 2.58. The number of rotatable bonds is 4. The van der Waals surface area contributed by atoms with Gasteiger partial charge in [-0.25, -0.2) is 9.55 Å². The molecule has 0 atom stereocenters. The lowest BCUT2D eigenvalue weighted by molar-refractivity contribution is 0.199. The minimum absolute atomic E-state index is 0.0211. The van der Waals surface area contributed by atoms with E-state index in [1.165, 1.54) is 11.3 Å². The van der Waals surface area contributed by atoms with Gasteiger partial charge in [0.1, 0.15) is 0 Å². The van der Waals surface area contributed by atoms with E-state index >= 15 is 0 Å². The van der Waals surface area contributed by atoms with Crippen molar-refractivity contribution in [3.05, 3.63) is 16.1 Å². The molecule has 74 valence electrons. The molecule has 0 saturated heterocycles. The molecule has 7 heteroatoms. The van der Waals surface area contributed by atoms with Crippen LogP contribution in [0.1, 0.15) is 10.6 Å². The topological polar surface area (TPSA) is 79.7 Å². The number of aryl methyl sites for hydroxylation is 1. The third-order valence-electron chi connectivity index (χ3n) is 1.43. The van der Waals surface area contributed by atoms with Gasteiger partial charge in [-0.3, -0.25) is 4.52 Å². The van der Waals surface area contributed by atoms with Crippen molar-refractivity contribution in [2.75, 3.05) is 6.61 Å². The van der Waals surface area contributed by atoms with Crippen LogP contribution in [0.2, 0.25) is 0 Å². The van der Waals surface area contributed by atoms with Crippen LogP contribution in [0.4, 0.5) is 0 Å². The third kappa shape index (κ3) is 3.97. The first kappa shape index (κ1) is 10.8. The zero-order valence-electron chi connectivity index (χ0n) is 7.01. The summed E-state index contributed by atoms with van der Waals surface area (Å²) in [7, 11) is -4.31. The van der Waals surface area contributed by atoms with Gasteiger partial charge in [0.25, 0.3) is 0 Å². The molecule has 13 heavy (non-hydrogen) atoms. The predicted octanol–water partition coefficient (Wildman–Crippen LogP) is 1.10. The second kappa shape index (κ2) is 4.30. The lowest BCUT2D eigenvalue weighted by Crippen LogP contribution is -1.96. The zero-order chi connectivity index (χ0) is 9.90. The van der Waals surface area contributed by atoms with Gasteiger partial charge in [0.15, 0.2) is 0 Å². The predicted molar refractivity (Wildman–Crippen MR) is 48.6 cm³/mol. The molecule has 5 nitrogen and oxygen atoms in total. The van der Waals surface area contributed by atoms with Gasteiger partial charge in [0.2, 0.25) is 0 Å². The highest BCUT2D eigenvalue weighted by Crippen LogP contribution is 2.35. The van der Waals surface area contributed by atoms with Crippen LogP contribution in [0.15, 0.2) is 5.51 Å². The quantitative estimate of drug-likeness (QED) is 0.747. The molecule has 0 aliphatic carbocycles. The maximum Gasteiger partial charge on any atom is 0.469 e.